The highest BCUT2D eigenvalue weighted by molar-refractivity contribution is 7.89. The lowest BCUT2D eigenvalue weighted by molar-refractivity contribution is -0.0440. The van der Waals surface area contributed by atoms with Crippen LogP contribution in [0.1, 0.15) is 42.3 Å². The van der Waals surface area contributed by atoms with E-state index in [1.165, 1.54) is 33.3 Å². The van der Waals surface area contributed by atoms with Crippen LogP contribution in [0.2, 0.25) is 0 Å². The second kappa shape index (κ2) is 10.9. The van der Waals surface area contributed by atoms with Crippen molar-refractivity contribution in [2.24, 2.45) is 0 Å². The summed E-state index contributed by atoms with van der Waals surface area (Å²) >= 11 is 1.48. The highest BCUT2D eigenvalue weighted by atomic mass is 32.2. The quantitative estimate of drug-likeness (QED) is 0.304. The molecule has 2 atom stereocenters. The van der Waals surface area contributed by atoms with Gasteiger partial charge >= 0.3 is 0 Å². The summed E-state index contributed by atoms with van der Waals surface area (Å²) in [6, 6.07) is 22.1. The van der Waals surface area contributed by atoms with Crippen LogP contribution in [0.4, 0.5) is 5.13 Å². The smallest absolute Gasteiger partial charge is 0.260 e. The highest BCUT2D eigenvalue weighted by Crippen LogP contribution is 2.32. The molecule has 198 valence electrons. The number of hydrogen-bond acceptors (Lipinski definition) is 6. The standard InChI is InChI=1S/C29H31N3O4S2/c1-4-22-10-15-26-27(16-22)37-29(30-26)32(19-23-8-6-5-7-9-23)28(33)24-11-13-25(14-12-24)38(34,35)31-17-20(2)36-21(3)18-31/h5-16,20-21H,4,17-19H2,1-3H3. The van der Waals surface area contributed by atoms with E-state index in [4.69, 9.17) is 9.72 Å². The first-order valence-electron chi connectivity index (χ1n) is 12.8. The second-order valence-corrected chi connectivity index (χ2v) is 12.6. The Kier molecular flexibility index (Phi) is 7.63. The van der Waals surface area contributed by atoms with Crippen LogP contribution in [0, 0.1) is 0 Å². The van der Waals surface area contributed by atoms with Crippen molar-refractivity contribution >= 4 is 42.6 Å². The molecule has 4 aromatic rings. The van der Waals surface area contributed by atoms with Crippen LogP contribution < -0.4 is 4.90 Å². The molecule has 0 spiro atoms. The van der Waals surface area contributed by atoms with Crippen molar-refractivity contribution in [1.82, 2.24) is 9.29 Å². The second-order valence-electron chi connectivity index (χ2n) is 9.63. The van der Waals surface area contributed by atoms with E-state index in [0.717, 1.165) is 22.2 Å². The minimum absolute atomic E-state index is 0.164. The molecule has 5 rings (SSSR count). The Labute approximate surface area is 227 Å². The summed E-state index contributed by atoms with van der Waals surface area (Å²) in [5.41, 5.74) is 3.44. The molecule has 0 aliphatic carbocycles. The third kappa shape index (κ3) is 5.51. The van der Waals surface area contributed by atoms with Crippen molar-refractivity contribution in [3.05, 3.63) is 89.5 Å². The number of sulfonamides is 1. The van der Waals surface area contributed by atoms with Crippen molar-refractivity contribution in [2.75, 3.05) is 18.0 Å². The van der Waals surface area contributed by atoms with Gasteiger partial charge < -0.3 is 4.74 Å². The molecule has 2 unspecified atom stereocenters. The van der Waals surface area contributed by atoms with E-state index in [-0.39, 0.29) is 23.0 Å². The number of rotatable bonds is 7. The van der Waals surface area contributed by atoms with Gasteiger partial charge in [0.15, 0.2) is 5.13 Å². The van der Waals surface area contributed by atoms with Gasteiger partial charge in [0.25, 0.3) is 5.91 Å². The third-order valence-electron chi connectivity index (χ3n) is 6.63. The van der Waals surface area contributed by atoms with Crippen LogP contribution in [-0.4, -0.2) is 48.9 Å². The molecule has 2 heterocycles. The summed E-state index contributed by atoms with van der Waals surface area (Å²) in [5.74, 6) is -0.235. The Balaban J connectivity index is 1.45. The average Bonchev–Trinajstić information content (AvgIpc) is 3.34. The number of hydrogen-bond donors (Lipinski definition) is 0. The Morgan fingerprint density at radius 3 is 2.34 bits per heavy atom. The fourth-order valence-electron chi connectivity index (χ4n) is 4.69. The SMILES string of the molecule is CCc1ccc2nc(N(Cc3ccccc3)C(=O)c3ccc(S(=O)(=O)N4CC(C)OC(C)C4)cc3)sc2c1. The lowest BCUT2D eigenvalue weighted by Gasteiger charge is -2.34. The maximum absolute atomic E-state index is 13.8. The topological polar surface area (TPSA) is 79.8 Å². The number of benzene rings is 3. The largest absolute Gasteiger partial charge is 0.373 e. The Morgan fingerprint density at radius 1 is 1.00 bits per heavy atom. The zero-order valence-electron chi connectivity index (χ0n) is 21.7. The van der Waals surface area contributed by atoms with Gasteiger partial charge in [-0.25, -0.2) is 13.4 Å². The normalized spacial score (nSPS) is 18.5. The molecule has 7 nitrogen and oxygen atoms in total. The van der Waals surface area contributed by atoms with Crippen LogP contribution >= 0.6 is 11.3 Å². The van der Waals surface area contributed by atoms with Gasteiger partial charge in [0.1, 0.15) is 0 Å². The molecule has 1 saturated heterocycles. The number of nitrogens with zero attached hydrogens (tertiary/aromatic N) is 3. The summed E-state index contributed by atoms with van der Waals surface area (Å²) in [6.45, 7) is 6.80. The minimum Gasteiger partial charge on any atom is -0.373 e. The van der Waals surface area contributed by atoms with Gasteiger partial charge in [0, 0.05) is 18.7 Å². The molecule has 1 aliphatic heterocycles. The van der Waals surface area contributed by atoms with Crippen molar-refractivity contribution in [2.45, 2.75) is 50.8 Å². The molecule has 9 heteroatoms. The fraction of sp³-hybridized carbons (Fsp3) is 0.310. The molecule has 3 aromatic carbocycles. The molecular formula is C29H31N3O4S2. The Morgan fingerprint density at radius 2 is 1.68 bits per heavy atom. The number of morpholine rings is 1. The number of aryl methyl sites for hydroxylation is 1. The van der Waals surface area contributed by atoms with E-state index in [0.29, 0.717) is 30.3 Å². The van der Waals surface area contributed by atoms with Crippen molar-refractivity contribution < 1.29 is 17.9 Å². The molecule has 1 amide bonds. The molecule has 0 radical (unpaired) electrons. The number of ether oxygens (including phenoxy) is 1. The molecule has 0 saturated carbocycles. The first-order chi connectivity index (χ1) is 18.2. The van der Waals surface area contributed by atoms with Gasteiger partial charge in [-0.15, -0.1) is 0 Å². The minimum atomic E-state index is -3.70. The number of carbonyl (C=O) groups is 1. The molecule has 0 bridgehead atoms. The summed E-state index contributed by atoms with van der Waals surface area (Å²) < 4.78 is 34.7. The summed E-state index contributed by atoms with van der Waals surface area (Å²) in [4.78, 5) is 20.4. The van der Waals surface area contributed by atoms with E-state index in [9.17, 15) is 13.2 Å². The van der Waals surface area contributed by atoms with Crippen molar-refractivity contribution in [3.63, 3.8) is 0 Å². The zero-order valence-corrected chi connectivity index (χ0v) is 23.3. The first kappa shape index (κ1) is 26.5. The summed E-state index contributed by atoms with van der Waals surface area (Å²) in [7, 11) is -3.70. The van der Waals surface area contributed by atoms with Crippen molar-refractivity contribution in [3.8, 4) is 0 Å². The Hall–Kier alpha value is -3.11. The highest BCUT2D eigenvalue weighted by Gasteiger charge is 2.32. The van der Waals surface area contributed by atoms with Gasteiger partial charge in [0.2, 0.25) is 10.0 Å². The van der Waals surface area contributed by atoms with E-state index in [1.54, 1.807) is 17.0 Å². The number of amides is 1. The van der Waals surface area contributed by atoms with Crippen LogP contribution in [0.3, 0.4) is 0 Å². The van der Waals surface area contributed by atoms with Crippen LogP contribution in [0.5, 0.6) is 0 Å². The number of aromatic nitrogens is 1. The van der Waals surface area contributed by atoms with Gasteiger partial charge in [-0.3, -0.25) is 9.69 Å². The molecule has 1 fully saturated rings. The summed E-state index contributed by atoms with van der Waals surface area (Å²) in [5, 5.41) is 0.607. The van der Waals surface area contributed by atoms with Crippen LogP contribution in [0.25, 0.3) is 10.2 Å². The average molecular weight is 550 g/mol. The maximum Gasteiger partial charge on any atom is 0.260 e. The van der Waals surface area contributed by atoms with E-state index in [1.807, 2.05) is 50.2 Å². The number of anilines is 1. The Bertz CT molecular complexity index is 1530. The number of carbonyl (C=O) groups excluding carboxylic acids is 1. The lowest BCUT2D eigenvalue weighted by atomic mass is 10.1. The van der Waals surface area contributed by atoms with Gasteiger partial charge in [0.05, 0.1) is 33.9 Å². The fourth-order valence-corrected chi connectivity index (χ4v) is 7.30. The third-order valence-corrected chi connectivity index (χ3v) is 9.52. The molecule has 1 aromatic heterocycles. The molecular weight excluding hydrogens is 518 g/mol. The van der Waals surface area contributed by atoms with Gasteiger partial charge in [-0.05, 0) is 67.8 Å². The van der Waals surface area contributed by atoms with E-state index < -0.39 is 10.0 Å². The monoisotopic (exact) mass is 549 g/mol. The first-order valence-corrected chi connectivity index (χ1v) is 15.0. The lowest BCUT2D eigenvalue weighted by Crippen LogP contribution is -2.48. The maximum atomic E-state index is 13.8. The van der Waals surface area contributed by atoms with Gasteiger partial charge in [-0.1, -0.05) is 54.7 Å². The summed E-state index contributed by atoms with van der Waals surface area (Å²) in [6.07, 6.45) is 0.569. The molecule has 0 N–H and O–H groups in total. The van der Waals surface area contributed by atoms with Crippen molar-refractivity contribution in [1.29, 1.82) is 0 Å². The van der Waals surface area contributed by atoms with E-state index >= 15 is 0 Å². The molecule has 1 aliphatic rings. The van der Waals surface area contributed by atoms with Crippen LogP contribution in [0.15, 0.2) is 77.7 Å². The van der Waals surface area contributed by atoms with Gasteiger partial charge in [-0.2, -0.15) is 4.31 Å². The zero-order chi connectivity index (χ0) is 26.9. The number of fused-ring (bicyclic) bond motifs is 1. The number of thiazole rings is 1. The molecule has 38 heavy (non-hydrogen) atoms. The predicted molar refractivity (Wildman–Crippen MR) is 151 cm³/mol. The van der Waals surface area contributed by atoms with E-state index in [2.05, 4.69) is 19.1 Å². The predicted octanol–water partition coefficient (Wildman–Crippen LogP) is 5.50. The van der Waals surface area contributed by atoms with Crippen LogP contribution in [-0.2, 0) is 27.7 Å².